The molecule has 0 radical (unpaired) electrons. The second kappa shape index (κ2) is 4.94. The van der Waals surface area contributed by atoms with Gasteiger partial charge in [0.05, 0.1) is 6.61 Å². The third-order valence-electron chi connectivity index (χ3n) is 2.12. The molecule has 2 aromatic rings. The number of thioether (sulfide) groups is 1. The van der Waals surface area contributed by atoms with Crippen LogP contribution in [-0.2, 0) is 0 Å². The molecule has 0 spiro atoms. The molecule has 2 aromatic heterocycles. The molecule has 0 aromatic carbocycles. The highest BCUT2D eigenvalue weighted by Gasteiger charge is 2.12. The van der Waals surface area contributed by atoms with Gasteiger partial charge in [-0.25, -0.2) is 15.0 Å². The van der Waals surface area contributed by atoms with Crippen LogP contribution in [0.15, 0.2) is 10.7 Å². The molecule has 7 heteroatoms. The Hall–Kier alpha value is -0.920. The number of nitrogens with zero attached hydrogens (tertiary/aromatic N) is 4. The summed E-state index contributed by atoms with van der Waals surface area (Å²) in [5.41, 5.74) is 0.726. The van der Waals surface area contributed by atoms with Crippen LogP contribution in [0.25, 0.3) is 10.3 Å². The van der Waals surface area contributed by atoms with Gasteiger partial charge < -0.3 is 10.0 Å². The van der Waals surface area contributed by atoms with Gasteiger partial charge >= 0.3 is 0 Å². The van der Waals surface area contributed by atoms with Gasteiger partial charge in [-0.15, -0.1) is 11.3 Å². The average Bonchev–Trinajstić information content (AvgIpc) is 2.71. The molecule has 1 N–H and O–H groups in total. The summed E-state index contributed by atoms with van der Waals surface area (Å²) in [7, 11) is 1.90. The molecule has 2 rings (SSSR count). The fourth-order valence-electron chi connectivity index (χ4n) is 1.34. The number of thiazole rings is 1. The third kappa shape index (κ3) is 2.11. The molecule has 2 heterocycles. The van der Waals surface area contributed by atoms with E-state index in [1.54, 1.807) is 23.1 Å². The molecule has 0 aliphatic rings. The van der Waals surface area contributed by atoms with Gasteiger partial charge in [-0.3, -0.25) is 0 Å². The van der Waals surface area contributed by atoms with Crippen LogP contribution in [-0.4, -0.2) is 46.5 Å². The Bertz CT molecular complexity index is 487. The fraction of sp³-hybridized carbons (Fsp3) is 0.444. The maximum Gasteiger partial charge on any atom is 0.176 e. The van der Waals surface area contributed by atoms with Gasteiger partial charge in [0.2, 0.25) is 0 Å². The molecule has 0 aliphatic carbocycles. The quantitative estimate of drug-likeness (QED) is 0.830. The maximum absolute atomic E-state index is 8.92. The highest BCUT2D eigenvalue weighted by molar-refractivity contribution is 8.00. The maximum atomic E-state index is 8.92. The predicted molar refractivity (Wildman–Crippen MR) is 67.3 cm³/mol. The first-order valence-corrected chi connectivity index (χ1v) is 6.78. The minimum atomic E-state index is 0.107. The standard InChI is InChI=1S/C9H12N4OS2/c1-13(3-4-14)8-6-7(10-5-11-8)12-9(15-2)16-6/h5,14H,3-4H2,1-2H3. The van der Waals surface area contributed by atoms with Gasteiger partial charge in [0, 0.05) is 13.6 Å². The van der Waals surface area contributed by atoms with E-state index in [1.807, 2.05) is 18.2 Å². The molecule has 0 fully saturated rings. The topological polar surface area (TPSA) is 62.1 Å². The number of hydrogen-bond acceptors (Lipinski definition) is 7. The number of aliphatic hydroxyl groups is 1. The third-order valence-corrected chi connectivity index (χ3v) is 4.15. The minimum absolute atomic E-state index is 0.107. The first kappa shape index (κ1) is 11.6. The second-order valence-electron chi connectivity index (χ2n) is 3.18. The lowest BCUT2D eigenvalue weighted by atomic mass is 10.5. The Labute approximate surface area is 102 Å². The van der Waals surface area contributed by atoms with Crippen LogP contribution in [0.2, 0.25) is 0 Å². The van der Waals surface area contributed by atoms with Crippen molar-refractivity contribution in [3.05, 3.63) is 6.33 Å². The molecular weight excluding hydrogens is 244 g/mol. The van der Waals surface area contributed by atoms with Gasteiger partial charge in [-0.05, 0) is 6.26 Å². The molecule has 0 amide bonds. The monoisotopic (exact) mass is 256 g/mol. The van der Waals surface area contributed by atoms with Crippen LogP contribution in [0.3, 0.4) is 0 Å². The van der Waals surface area contributed by atoms with Crippen LogP contribution < -0.4 is 4.90 Å². The van der Waals surface area contributed by atoms with Gasteiger partial charge in [0.15, 0.2) is 15.8 Å². The highest BCUT2D eigenvalue weighted by Crippen LogP contribution is 2.31. The molecule has 16 heavy (non-hydrogen) atoms. The van der Waals surface area contributed by atoms with Crippen molar-refractivity contribution in [2.75, 3.05) is 31.4 Å². The summed E-state index contributed by atoms with van der Waals surface area (Å²) in [6.07, 6.45) is 3.50. The Morgan fingerprint density at radius 3 is 3.00 bits per heavy atom. The summed E-state index contributed by atoms with van der Waals surface area (Å²) >= 11 is 3.18. The summed E-state index contributed by atoms with van der Waals surface area (Å²) in [4.78, 5) is 14.7. The number of aliphatic hydroxyl groups excluding tert-OH is 1. The van der Waals surface area contributed by atoms with Crippen molar-refractivity contribution in [2.45, 2.75) is 4.34 Å². The van der Waals surface area contributed by atoms with E-state index in [-0.39, 0.29) is 6.61 Å². The number of anilines is 1. The normalized spacial score (nSPS) is 10.9. The van der Waals surface area contributed by atoms with Gasteiger partial charge in [-0.2, -0.15) is 0 Å². The molecule has 0 atom stereocenters. The van der Waals surface area contributed by atoms with Crippen molar-refractivity contribution in [3.63, 3.8) is 0 Å². The first-order chi connectivity index (χ1) is 7.76. The largest absolute Gasteiger partial charge is 0.395 e. The van der Waals surface area contributed by atoms with Crippen LogP contribution in [0.4, 0.5) is 5.82 Å². The zero-order chi connectivity index (χ0) is 11.5. The van der Waals surface area contributed by atoms with Crippen LogP contribution in [0, 0.1) is 0 Å². The first-order valence-electron chi connectivity index (χ1n) is 4.73. The van der Waals surface area contributed by atoms with Gasteiger partial charge in [0.25, 0.3) is 0 Å². The summed E-state index contributed by atoms with van der Waals surface area (Å²) in [5.74, 6) is 0.830. The summed E-state index contributed by atoms with van der Waals surface area (Å²) in [5, 5.41) is 8.92. The van der Waals surface area contributed by atoms with Gasteiger partial charge in [0.1, 0.15) is 11.0 Å². The molecule has 0 bridgehead atoms. The highest BCUT2D eigenvalue weighted by atomic mass is 32.2. The molecule has 86 valence electrons. The molecule has 0 saturated carbocycles. The van der Waals surface area contributed by atoms with E-state index < -0.39 is 0 Å². The Kier molecular flexibility index (Phi) is 3.57. The van der Waals surface area contributed by atoms with E-state index in [4.69, 9.17) is 5.11 Å². The number of hydrogen-bond donors (Lipinski definition) is 1. The lowest BCUT2D eigenvalue weighted by Gasteiger charge is -2.16. The van der Waals surface area contributed by atoms with Crippen molar-refractivity contribution in [2.24, 2.45) is 0 Å². The molecular formula is C9H12N4OS2. The van der Waals surface area contributed by atoms with E-state index in [2.05, 4.69) is 15.0 Å². The van der Waals surface area contributed by atoms with Crippen LogP contribution in [0.5, 0.6) is 0 Å². The zero-order valence-electron chi connectivity index (χ0n) is 9.04. The summed E-state index contributed by atoms with van der Waals surface area (Å²) in [6, 6.07) is 0. The fourth-order valence-corrected chi connectivity index (χ4v) is 2.90. The van der Waals surface area contributed by atoms with Crippen molar-refractivity contribution < 1.29 is 5.11 Å². The number of aromatic nitrogens is 3. The van der Waals surface area contributed by atoms with Crippen LogP contribution >= 0.6 is 23.1 Å². The van der Waals surface area contributed by atoms with E-state index in [9.17, 15) is 0 Å². The molecule has 0 saturated heterocycles. The van der Waals surface area contributed by atoms with E-state index >= 15 is 0 Å². The second-order valence-corrected chi connectivity index (χ2v) is 5.23. The van der Waals surface area contributed by atoms with Crippen molar-refractivity contribution in [1.29, 1.82) is 0 Å². The lowest BCUT2D eigenvalue weighted by molar-refractivity contribution is 0.304. The summed E-state index contributed by atoms with van der Waals surface area (Å²) < 4.78 is 1.96. The number of fused-ring (bicyclic) bond motifs is 1. The van der Waals surface area contributed by atoms with Crippen molar-refractivity contribution in [1.82, 2.24) is 15.0 Å². The number of rotatable bonds is 4. The summed E-state index contributed by atoms with van der Waals surface area (Å²) in [6.45, 7) is 0.662. The van der Waals surface area contributed by atoms with Crippen molar-refractivity contribution in [3.8, 4) is 0 Å². The Balaban J connectivity index is 2.47. The van der Waals surface area contributed by atoms with E-state index in [0.717, 1.165) is 20.5 Å². The molecule has 0 unspecified atom stereocenters. The SMILES string of the molecule is CSc1nc2ncnc(N(C)CCO)c2s1. The Morgan fingerprint density at radius 1 is 1.50 bits per heavy atom. The lowest BCUT2D eigenvalue weighted by Crippen LogP contribution is -2.22. The number of likely N-dealkylation sites (N-methyl/N-ethyl adjacent to an activating group) is 1. The zero-order valence-corrected chi connectivity index (χ0v) is 10.7. The predicted octanol–water partition coefficient (Wildman–Crippen LogP) is 1.24. The van der Waals surface area contributed by atoms with E-state index in [0.29, 0.717) is 6.54 Å². The smallest absolute Gasteiger partial charge is 0.176 e. The molecule has 0 aliphatic heterocycles. The van der Waals surface area contributed by atoms with Crippen LogP contribution in [0.1, 0.15) is 0 Å². The molecule has 5 nitrogen and oxygen atoms in total. The average molecular weight is 256 g/mol. The Morgan fingerprint density at radius 2 is 2.31 bits per heavy atom. The van der Waals surface area contributed by atoms with E-state index in [1.165, 1.54) is 6.33 Å². The minimum Gasteiger partial charge on any atom is -0.395 e. The van der Waals surface area contributed by atoms with Crippen molar-refractivity contribution >= 4 is 39.3 Å². The van der Waals surface area contributed by atoms with Gasteiger partial charge in [-0.1, -0.05) is 11.8 Å².